The number of rotatable bonds is 4. The zero-order chi connectivity index (χ0) is 15.7. The van der Waals surface area contributed by atoms with Crippen LogP contribution < -0.4 is 5.32 Å². The molecule has 2 aromatic rings. The van der Waals surface area contributed by atoms with Crippen molar-refractivity contribution < 1.29 is 14.7 Å². The fourth-order valence-electron chi connectivity index (χ4n) is 3.31. The number of aryl methyl sites for hydroxylation is 1. The Kier molecular flexibility index (Phi) is 3.91. The first kappa shape index (κ1) is 15.0. The third kappa shape index (κ3) is 2.86. The second-order valence-corrected chi connectivity index (χ2v) is 7.07. The summed E-state index contributed by atoms with van der Waals surface area (Å²) in [5, 5.41) is 15.0. The van der Waals surface area contributed by atoms with Crippen molar-refractivity contribution in [3.8, 4) is 0 Å². The molecule has 3 rings (SSSR count). The lowest BCUT2D eigenvalue weighted by Gasteiger charge is -2.28. The van der Waals surface area contributed by atoms with E-state index in [0.29, 0.717) is 5.56 Å². The molecule has 1 aromatic carbocycles. The highest BCUT2D eigenvalue weighted by molar-refractivity contribution is 7.17. The van der Waals surface area contributed by atoms with E-state index in [2.05, 4.69) is 11.4 Å². The summed E-state index contributed by atoms with van der Waals surface area (Å²) < 4.78 is 1.09. The summed E-state index contributed by atoms with van der Waals surface area (Å²) in [5.74, 6) is -1.01. The molecule has 1 aliphatic carbocycles. The van der Waals surface area contributed by atoms with Crippen LogP contribution in [0.2, 0.25) is 0 Å². The molecule has 1 aliphatic rings. The maximum Gasteiger partial charge on any atom is 0.305 e. The van der Waals surface area contributed by atoms with Crippen LogP contribution in [-0.2, 0) is 4.79 Å². The molecule has 0 saturated heterocycles. The fourth-order valence-corrected chi connectivity index (χ4v) is 4.34. The van der Waals surface area contributed by atoms with Crippen molar-refractivity contribution in [3.05, 3.63) is 34.7 Å². The average molecular weight is 317 g/mol. The van der Waals surface area contributed by atoms with E-state index in [9.17, 15) is 9.59 Å². The van der Waals surface area contributed by atoms with E-state index < -0.39 is 11.5 Å². The highest BCUT2D eigenvalue weighted by Crippen LogP contribution is 2.34. The van der Waals surface area contributed by atoms with E-state index >= 15 is 0 Å². The quantitative estimate of drug-likeness (QED) is 0.903. The standard InChI is InChI=1S/C17H19NO3S/c1-11-4-5-12-13(10-22-14(12)8-11)16(21)18-17(9-15(19)20)6-2-3-7-17/h4-5,8,10H,2-3,6-7,9H2,1H3,(H,18,21)(H,19,20). The van der Waals surface area contributed by atoms with Crippen LogP contribution >= 0.6 is 11.3 Å². The Morgan fingerprint density at radius 1 is 1.32 bits per heavy atom. The van der Waals surface area contributed by atoms with Gasteiger partial charge >= 0.3 is 5.97 Å². The molecule has 4 nitrogen and oxygen atoms in total. The van der Waals surface area contributed by atoms with Crippen molar-refractivity contribution in [2.75, 3.05) is 0 Å². The summed E-state index contributed by atoms with van der Waals surface area (Å²) >= 11 is 1.55. The number of thiophene rings is 1. The average Bonchev–Trinajstić information content (AvgIpc) is 3.04. The molecule has 0 atom stereocenters. The number of hydrogen-bond donors (Lipinski definition) is 2. The molecule has 1 fully saturated rings. The predicted octanol–water partition coefficient (Wildman–Crippen LogP) is 3.73. The summed E-state index contributed by atoms with van der Waals surface area (Å²) in [5.41, 5.74) is 1.23. The molecule has 1 aromatic heterocycles. The molecular weight excluding hydrogens is 298 g/mol. The van der Waals surface area contributed by atoms with Gasteiger partial charge in [-0.1, -0.05) is 25.0 Å². The SMILES string of the molecule is Cc1ccc2c(C(=O)NC3(CC(=O)O)CCCC3)csc2c1. The summed E-state index contributed by atoms with van der Waals surface area (Å²) in [6.07, 6.45) is 3.42. The van der Waals surface area contributed by atoms with Gasteiger partial charge in [-0.2, -0.15) is 0 Å². The Morgan fingerprint density at radius 3 is 2.73 bits per heavy atom. The first-order chi connectivity index (χ1) is 10.5. The van der Waals surface area contributed by atoms with Crippen molar-refractivity contribution >= 4 is 33.3 Å². The van der Waals surface area contributed by atoms with Gasteiger partial charge in [0.1, 0.15) is 0 Å². The molecule has 0 radical (unpaired) electrons. The number of amides is 1. The van der Waals surface area contributed by atoms with E-state index in [0.717, 1.165) is 35.8 Å². The number of carbonyl (C=O) groups is 2. The second-order valence-electron chi connectivity index (χ2n) is 6.16. The van der Waals surface area contributed by atoms with Gasteiger partial charge in [-0.05, 0) is 31.4 Å². The molecular formula is C17H19NO3S. The van der Waals surface area contributed by atoms with Crippen LogP contribution in [-0.4, -0.2) is 22.5 Å². The van der Waals surface area contributed by atoms with Crippen molar-refractivity contribution in [2.24, 2.45) is 0 Å². The lowest BCUT2D eigenvalue weighted by atomic mass is 9.92. The summed E-state index contributed by atoms with van der Waals surface area (Å²) in [4.78, 5) is 23.8. The summed E-state index contributed by atoms with van der Waals surface area (Å²) in [6, 6.07) is 6.03. The molecule has 5 heteroatoms. The molecule has 0 spiro atoms. The van der Waals surface area contributed by atoms with Crippen LogP contribution in [0, 0.1) is 6.92 Å². The zero-order valence-electron chi connectivity index (χ0n) is 12.5. The maximum absolute atomic E-state index is 12.6. The first-order valence-electron chi connectivity index (χ1n) is 7.51. The normalized spacial score (nSPS) is 16.8. The lowest BCUT2D eigenvalue weighted by Crippen LogP contribution is -2.47. The minimum atomic E-state index is -0.854. The van der Waals surface area contributed by atoms with Crippen molar-refractivity contribution in [1.29, 1.82) is 0 Å². The van der Waals surface area contributed by atoms with Crippen LogP contribution in [0.25, 0.3) is 10.1 Å². The molecule has 22 heavy (non-hydrogen) atoms. The maximum atomic E-state index is 12.6. The minimum absolute atomic E-state index is 0.0000815. The van der Waals surface area contributed by atoms with Gasteiger partial charge in [-0.3, -0.25) is 9.59 Å². The van der Waals surface area contributed by atoms with Gasteiger partial charge in [-0.25, -0.2) is 0 Å². The number of fused-ring (bicyclic) bond motifs is 1. The Bertz CT molecular complexity index is 729. The van der Waals surface area contributed by atoms with Crippen molar-refractivity contribution in [1.82, 2.24) is 5.32 Å². The van der Waals surface area contributed by atoms with E-state index in [4.69, 9.17) is 5.11 Å². The van der Waals surface area contributed by atoms with Gasteiger partial charge in [0.05, 0.1) is 17.5 Å². The van der Waals surface area contributed by atoms with Crippen LogP contribution in [0.1, 0.15) is 48.0 Å². The molecule has 0 unspecified atom stereocenters. The third-order valence-electron chi connectivity index (χ3n) is 4.40. The Morgan fingerprint density at radius 2 is 2.05 bits per heavy atom. The zero-order valence-corrected chi connectivity index (χ0v) is 13.3. The number of carboxylic acids is 1. The number of benzene rings is 1. The monoisotopic (exact) mass is 317 g/mol. The van der Waals surface area contributed by atoms with Gasteiger partial charge in [0.25, 0.3) is 5.91 Å². The van der Waals surface area contributed by atoms with Crippen LogP contribution in [0.3, 0.4) is 0 Å². The Hall–Kier alpha value is -1.88. The van der Waals surface area contributed by atoms with Crippen molar-refractivity contribution in [3.63, 3.8) is 0 Å². The van der Waals surface area contributed by atoms with Crippen LogP contribution in [0.5, 0.6) is 0 Å². The minimum Gasteiger partial charge on any atom is -0.481 e. The highest BCUT2D eigenvalue weighted by Gasteiger charge is 2.37. The largest absolute Gasteiger partial charge is 0.481 e. The van der Waals surface area contributed by atoms with Gasteiger partial charge in [0.15, 0.2) is 0 Å². The van der Waals surface area contributed by atoms with Gasteiger partial charge in [0.2, 0.25) is 0 Å². The van der Waals surface area contributed by atoms with E-state index in [-0.39, 0.29) is 12.3 Å². The number of carboxylic acid groups (broad SMARTS) is 1. The van der Waals surface area contributed by atoms with E-state index in [1.54, 1.807) is 11.3 Å². The Labute approximate surface area is 133 Å². The van der Waals surface area contributed by atoms with E-state index in [1.165, 1.54) is 5.56 Å². The predicted molar refractivity (Wildman–Crippen MR) is 87.5 cm³/mol. The van der Waals surface area contributed by atoms with Gasteiger partial charge < -0.3 is 10.4 Å². The second kappa shape index (κ2) is 5.72. The molecule has 1 amide bonds. The smallest absolute Gasteiger partial charge is 0.305 e. The summed E-state index contributed by atoms with van der Waals surface area (Å²) in [7, 11) is 0. The lowest BCUT2D eigenvalue weighted by molar-refractivity contribution is -0.138. The molecule has 1 saturated carbocycles. The van der Waals surface area contributed by atoms with Crippen LogP contribution in [0.4, 0.5) is 0 Å². The van der Waals surface area contributed by atoms with E-state index in [1.807, 2.05) is 24.4 Å². The topological polar surface area (TPSA) is 66.4 Å². The Balaban J connectivity index is 1.87. The van der Waals surface area contributed by atoms with Crippen molar-refractivity contribution in [2.45, 2.75) is 44.6 Å². The fraction of sp³-hybridized carbons (Fsp3) is 0.412. The molecule has 116 valence electrons. The molecule has 0 aliphatic heterocycles. The summed E-state index contributed by atoms with van der Waals surface area (Å²) in [6.45, 7) is 2.03. The van der Waals surface area contributed by atoms with Crippen LogP contribution in [0.15, 0.2) is 23.6 Å². The molecule has 0 bridgehead atoms. The number of aliphatic carboxylic acids is 1. The highest BCUT2D eigenvalue weighted by atomic mass is 32.1. The van der Waals surface area contributed by atoms with Gasteiger partial charge in [-0.15, -0.1) is 11.3 Å². The molecule has 2 N–H and O–H groups in total. The molecule has 1 heterocycles. The third-order valence-corrected chi connectivity index (χ3v) is 5.35. The first-order valence-corrected chi connectivity index (χ1v) is 8.39. The number of nitrogens with one attached hydrogen (secondary N) is 1. The van der Waals surface area contributed by atoms with Gasteiger partial charge in [0, 0.05) is 15.5 Å². The number of carbonyl (C=O) groups excluding carboxylic acids is 1. The number of hydrogen-bond acceptors (Lipinski definition) is 3.